The van der Waals surface area contributed by atoms with Crippen LogP contribution in [0.4, 0.5) is 6.01 Å². The fourth-order valence-electron chi connectivity index (χ4n) is 1.81. The Morgan fingerprint density at radius 3 is 2.81 bits per heavy atom. The topological polar surface area (TPSA) is 72.2 Å². The Hall–Kier alpha value is -1.14. The Bertz CT molecular complexity index is 330. The number of nitrogens with zero attached hydrogens (tertiary/aromatic N) is 2. The molecule has 6 nitrogen and oxygen atoms in total. The van der Waals surface area contributed by atoms with Gasteiger partial charge in [0.05, 0.1) is 12.1 Å². The van der Waals surface area contributed by atoms with Crippen LogP contribution >= 0.6 is 0 Å². The van der Waals surface area contributed by atoms with E-state index in [1.54, 1.807) is 7.11 Å². The van der Waals surface area contributed by atoms with Crippen LogP contribution in [0, 0.1) is 0 Å². The van der Waals surface area contributed by atoms with Crippen molar-refractivity contribution in [3.05, 3.63) is 5.89 Å². The maximum atomic E-state index is 5.49. The molecule has 16 heavy (non-hydrogen) atoms. The average molecular weight is 226 g/mol. The van der Waals surface area contributed by atoms with Crippen molar-refractivity contribution in [3.63, 3.8) is 0 Å². The number of methoxy groups -OCH3 is 1. The maximum Gasteiger partial charge on any atom is 0.315 e. The monoisotopic (exact) mass is 226 g/mol. The first kappa shape index (κ1) is 11.3. The molecule has 2 N–H and O–H groups in total. The molecule has 90 valence electrons. The first-order chi connectivity index (χ1) is 7.78. The van der Waals surface area contributed by atoms with Crippen LogP contribution in [-0.2, 0) is 11.3 Å². The fourth-order valence-corrected chi connectivity index (χ4v) is 1.81. The average Bonchev–Trinajstić information content (AvgIpc) is 2.66. The molecule has 0 amide bonds. The summed E-state index contributed by atoms with van der Waals surface area (Å²) in [6, 6.07) is 0.466. The molecule has 1 saturated carbocycles. The van der Waals surface area contributed by atoms with Gasteiger partial charge in [-0.25, -0.2) is 0 Å². The van der Waals surface area contributed by atoms with Crippen LogP contribution in [0.3, 0.4) is 0 Å². The predicted molar refractivity (Wildman–Crippen MR) is 59.1 cm³/mol. The van der Waals surface area contributed by atoms with Gasteiger partial charge in [0, 0.05) is 13.7 Å². The van der Waals surface area contributed by atoms with E-state index in [2.05, 4.69) is 20.8 Å². The van der Waals surface area contributed by atoms with Gasteiger partial charge < -0.3 is 19.8 Å². The van der Waals surface area contributed by atoms with Crippen molar-refractivity contribution in [2.24, 2.45) is 0 Å². The summed E-state index contributed by atoms with van der Waals surface area (Å²) in [4.78, 5) is 0. The highest BCUT2D eigenvalue weighted by atomic mass is 16.5. The molecule has 0 bridgehead atoms. The molecule has 0 aliphatic heterocycles. The SMILES string of the molecule is CNCc1nnc(NCC2(OC)CCC2)o1. The van der Waals surface area contributed by atoms with Crippen LogP contribution in [0.25, 0.3) is 0 Å². The van der Waals surface area contributed by atoms with Crippen LogP contribution in [0.1, 0.15) is 25.2 Å². The van der Waals surface area contributed by atoms with Gasteiger partial charge >= 0.3 is 6.01 Å². The molecule has 2 rings (SSSR count). The van der Waals surface area contributed by atoms with E-state index in [1.165, 1.54) is 6.42 Å². The Morgan fingerprint density at radius 1 is 1.44 bits per heavy atom. The van der Waals surface area contributed by atoms with Gasteiger partial charge in [0.1, 0.15) is 0 Å². The third-order valence-corrected chi connectivity index (χ3v) is 3.05. The molecule has 1 aliphatic rings. The first-order valence-electron chi connectivity index (χ1n) is 5.54. The summed E-state index contributed by atoms with van der Waals surface area (Å²) < 4.78 is 10.9. The molecule has 0 saturated heterocycles. The predicted octanol–water partition coefficient (Wildman–Crippen LogP) is 0.770. The van der Waals surface area contributed by atoms with Crippen molar-refractivity contribution in [3.8, 4) is 0 Å². The van der Waals surface area contributed by atoms with Crippen molar-refractivity contribution in [2.75, 3.05) is 26.0 Å². The largest absolute Gasteiger partial charge is 0.407 e. The van der Waals surface area contributed by atoms with E-state index >= 15 is 0 Å². The Labute approximate surface area is 94.8 Å². The molecule has 0 spiro atoms. The van der Waals surface area contributed by atoms with Crippen LogP contribution in [0.2, 0.25) is 0 Å². The third kappa shape index (κ3) is 2.33. The Morgan fingerprint density at radius 2 is 2.25 bits per heavy atom. The zero-order valence-corrected chi connectivity index (χ0v) is 9.75. The van der Waals surface area contributed by atoms with E-state index in [4.69, 9.17) is 9.15 Å². The number of hydrogen-bond donors (Lipinski definition) is 2. The van der Waals surface area contributed by atoms with Crippen molar-refractivity contribution < 1.29 is 9.15 Å². The van der Waals surface area contributed by atoms with Crippen molar-refractivity contribution in [1.82, 2.24) is 15.5 Å². The lowest BCUT2D eigenvalue weighted by Crippen LogP contribution is -2.45. The quantitative estimate of drug-likeness (QED) is 0.746. The van der Waals surface area contributed by atoms with Crippen molar-refractivity contribution in [1.29, 1.82) is 0 Å². The van der Waals surface area contributed by atoms with E-state index in [1.807, 2.05) is 7.05 Å². The molecule has 1 aromatic heterocycles. The lowest BCUT2D eigenvalue weighted by atomic mass is 9.80. The summed E-state index contributed by atoms with van der Waals surface area (Å²) in [6.07, 6.45) is 3.41. The van der Waals surface area contributed by atoms with Gasteiger partial charge in [0.15, 0.2) is 0 Å². The smallest absolute Gasteiger partial charge is 0.315 e. The highest BCUT2D eigenvalue weighted by molar-refractivity contribution is 5.19. The molecule has 1 fully saturated rings. The second-order valence-corrected chi connectivity index (χ2v) is 4.13. The van der Waals surface area contributed by atoms with Gasteiger partial charge in [-0.3, -0.25) is 0 Å². The molecule has 0 radical (unpaired) electrons. The number of hydrogen-bond acceptors (Lipinski definition) is 6. The maximum absolute atomic E-state index is 5.49. The number of aromatic nitrogens is 2. The first-order valence-corrected chi connectivity index (χ1v) is 5.54. The standard InChI is InChI=1S/C10H18N4O2/c1-11-6-8-13-14-9(16-8)12-7-10(15-2)4-3-5-10/h11H,3-7H2,1-2H3,(H,12,14). The summed E-state index contributed by atoms with van der Waals surface area (Å²) in [5.41, 5.74) is -0.0301. The van der Waals surface area contributed by atoms with Crippen molar-refractivity contribution in [2.45, 2.75) is 31.4 Å². The summed E-state index contributed by atoms with van der Waals surface area (Å²) >= 11 is 0. The van der Waals surface area contributed by atoms with Crippen LogP contribution < -0.4 is 10.6 Å². The van der Waals surface area contributed by atoms with E-state index in [-0.39, 0.29) is 5.60 Å². The highest BCUT2D eigenvalue weighted by Crippen LogP contribution is 2.34. The lowest BCUT2D eigenvalue weighted by Gasteiger charge is -2.40. The number of rotatable bonds is 6. The zero-order valence-electron chi connectivity index (χ0n) is 9.75. The van der Waals surface area contributed by atoms with Gasteiger partial charge in [-0.2, -0.15) is 0 Å². The summed E-state index contributed by atoms with van der Waals surface area (Å²) in [7, 11) is 3.59. The van der Waals surface area contributed by atoms with Gasteiger partial charge in [0.25, 0.3) is 0 Å². The second-order valence-electron chi connectivity index (χ2n) is 4.13. The van der Waals surface area contributed by atoms with Gasteiger partial charge in [-0.05, 0) is 26.3 Å². The number of anilines is 1. The molecule has 0 atom stereocenters. The summed E-state index contributed by atoms with van der Waals surface area (Å²) in [6.45, 7) is 1.31. The third-order valence-electron chi connectivity index (χ3n) is 3.05. The van der Waals surface area contributed by atoms with E-state index in [0.717, 1.165) is 19.4 Å². The normalized spacial score (nSPS) is 18.1. The Balaban J connectivity index is 1.84. The molecule has 1 aliphatic carbocycles. The highest BCUT2D eigenvalue weighted by Gasteiger charge is 2.37. The minimum absolute atomic E-state index is 0.0301. The molecular weight excluding hydrogens is 208 g/mol. The van der Waals surface area contributed by atoms with Crippen LogP contribution in [0.5, 0.6) is 0 Å². The van der Waals surface area contributed by atoms with Gasteiger partial charge in [0.2, 0.25) is 5.89 Å². The molecule has 1 aromatic rings. The molecule has 0 aromatic carbocycles. The van der Waals surface area contributed by atoms with Crippen LogP contribution in [0.15, 0.2) is 4.42 Å². The van der Waals surface area contributed by atoms with E-state index in [0.29, 0.717) is 18.5 Å². The molecule has 1 heterocycles. The van der Waals surface area contributed by atoms with Crippen molar-refractivity contribution >= 4 is 6.01 Å². The fraction of sp³-hybridized carbons (Fsp3) is 0.800. The molecular formula is C10H18N4O2. The van der Waals surface area contributed by atoms with Gasteiger partial charge in [-0.15, -0.1) is 5.10 Å². The minimum atomic E-state index is -0.0301. The molecule has 6 heteroatoms. The van der Waals surface area contributed by atoms with Gasteiger partial charge in [-0.1, -0.05) is 5.10 Å². The second kappa shape index (κ2) is 4.80. The summed E-state index contributed by atoms with van der Waals surface area (Å²) in [5, 5.41) is 13.9. The molecule has 0 unspecified atom stereocenters. The zero-order chi connectivity index (χ0) is 11.4. The number of ether oxygens (including phenoxy) is 1. The summed E-state index contributed by atoms with van der Waals surface area (Å²) in [5.74, 6) is 0.588. The van der Waals surface area contributed by atoms with E-state index in [9.17, 15) is 0 Å². The van der Waals surface area contributed by atoms with E-state index < -0.39 is 0 Å². The minimum Gasteiger partial charge on any atom is -0.407 e. The van der Waals surface area contributed by atoms with Crippen LogP contribution in [-0.4, -0.2) is 36.5 Å². The lowest BCUT2D eigenvalue weighted by molar-refractivity contribution is -0.0604. The number of nitrogens with one attached hydrogen (secondary N) is 2. The Kier molecular flexibility index (Phi) is 3.40.